The minimum atomic E-state index is -0.932. The molecule has 1 N–H and O–H groups in total. The van der Waals surface area contributed by atoms with E-state index in [0.717, 1.165) is 24.6 Å². The van der Waals surface area contributed by atoms with Gasteiger partial charge in [-0.2, -0.15) is 4.99 Å². The highest BCUT2D eigenvalue weighted by molar-refractivity contribution is 8.14. The van der Waals surface area contributed by atoms with Crippen LogP contribution in [-0.4, -0.2) is 58.4 Å². The topological polar surface area (TPSA) is 101 Å². The number of hydrogen-bond acceptors (Lipinski definition) is 7. The van der Waals surface area contributed by atoms with Crippen molar-refractivity contribution in [3.63, 3.8) is 0 Å². The maximum Gasteiger partial charge on any atom is 0.316 e. The van der Waals surface area contributed by atoms with Gasteiger partial charge < -0.3 is 14.6 Å². The van der Waals surface area contributed by atoms with E-state index < -0.39 is 17.3 Å². The van der Waals surface area contributed by atoms with Gasteiger partial charge in [-0.1, -0.05) is 43.9 Å². The molecule has 0 unspecified atom stereocenters. The van der Waals surface area contributed by atoms with Crippen LogP contribution in [0.4, 0.5) is 5.69 Å². The molecule has 8 nitrogen and oxygen atoms in total. The molecule has 2 atom stereocenters. The van der Waals surface area contributed by atoms with Gasteiger partial charge in [-0.25, -0.2) is 4.99 Å². The Hall–Kier alpha value is -2.55. The second-order valence-electron chi connectivity index (χ2n) is 8.12. The minimum Gasteiger partial charge on any atom is -0.493 e. The van der Waals surface area contributed by atoms with Crippen LogP contribution in [-0.2, 0) is 9.59 Å². The van der Waals surface area contributed by atoms with Gasteiger partial charge in [0.25, 0.3) is 5.91 Å². The number of nitrogens with zero attached hydrogens (tertiary/aromatic N) is 3. The average molecular weight is 446 g/mol. The quantitative estimate of drug-likeness (QED) is 0.710. The maximum absolute atomic E-state index is 13.0. The summed E-state index contributed by atoms with van der Waals surface area (Å²) >= 11 is 1.13. The summed E-state index contributed by atoms with van der Waals surface area (Å²) in [5.41, 5.74) is 1.27. The standard InChI is InChI=1S/C22H27N3O5S/c1-12(21(27)28)31-22-23-15-11-18(30-3)17(29-2)10-14(15)19-24-20(26)16(25(19)22)9-13-7-5-4-6-8-13/h10-13,16H,4-9H2,1-3H3,(H,27,28)/t12-,16-/m0/s1. The molecule has 1 amide bonds. The Bertz CT molecular complexity index is 955. The Morgan fingerprint density at radius 2 is 1.87 bits per heavy atom. The van der Waals surface area contributed by atoms with Gasteiger partial charge in [-0.15, -0.1) is 0 Å². The lowest BCUT2D eigenvalue weighted by Crippen LogP contribution is -2.45. The van der Waals surface area contributed by atoms with Crippen LogP contribution in [0.1, 0.15) is 51.0 Å². The van der Waals surface area contributed by atoms with Gasteiger partial charge in [0.05, 0.1) is 19.9 Å². The number of aliphatic imine (C=N–C) groups is 2. The molecule has 9 heteroatoms. The Morgan fingerprint density at radius 3 is 2.52 bits per heavy atom. The highest BCUT2D eigenvalue weighted by atomic mass is 32.2. The lowest BCUT2D eigenvalue weighted by Gasteiger charge is -2.34. The third-order valence-electron chi connectivity index (χ3n) is 6.12. The van der Waals surface area contributed by atoms with Gasteiger partial charge in [0.15, 0.2) is 16.7 Å². The number of ether oxygens (including phenoxy) is 2. The highest BCUT2D eigenvalue weighted by Gasteiger charge is 2.44. The van der Waals surface area contributed by atoms with Crippen molar-refractivity contribution in [2.24, 2.45) is 15.9 Å². The predicted octanol–water partition coefficient (Wildman–Crippen LogP) is 3.84. The Kier molecular flexibility index (Phi) is 6.22. The molecule has 1 aromatic carbocycles. The van der Waals surface area contributed by atoms with Crippen molar-refractivity contribution in [3.05, 3.63) is 17.7 Å². The molecular formula is C22H27N3O5S. The molecule has 1 saturated carbocycles. The molecule has 0 spiro atoms. The smallest absolute Gasteiger partial charge is 0.316 e. The van der Waals surface area contributed by atoms with Gasteiger partial charge in [-0.3, -0.25) is 14.5 Å². The van der Waals surface area contributed by atoms with E-state index in [1.807, 2.05) is 4.90 Å². The van der Waals surface area contributed by atoms with E-state index in [0.29, 0.717) is 46.1 Å². The predicted molar refractivity (Wildman–Crippen MR) is 120 cm³/mol. The lowest BCUT2D eigenvalue weighted by atomic mass is 9.84. The number of carboxylic acids is 1. The number of methoxy groups -OCH3 is 2. The van der Waals surface area contributed by atoms with Crippen molar-refractivity contribution < 1.29 is 24.2 Å². The van der Waals surface area contributed by atoms with Crippen molar-refractivity contribution in [2.45, 2.75) is 56.7 Å². The number of thioether (sulfide) groups is 1. The fourth-order valence-electron chi connectivity index (χ4n) is 4.44. The van der Waals surface area contributed by atoms with Gasteiger partial charge in [0, 0.05) is 11.6 Å². The van der Waals surface area contributed by atoms with Crippen LogP contribution < -0.4 is 9.47 Å². The van der Waals surface area contributed by atoms with Crippen LogP contribution in [0, 0.1) is 5.92 Å². The van der Waals surface area contributed by atoms with Crippen LogP contribution in [0.25, 0.3) is 0 Å². The Balaban J connectivity index is 1.75. The molecule has 2 heterocycles. The average Bonchev–Trinajstić information content (AvgIpc) is 3.09. The van der Waals surface area contributed by atoms with E-state index in [9.17, 15) is 14.7 Å². The van der Waals surface area contributed by atoms with Gasteiger partial charge in [0.1, 0.15) is 17.1 Å². The monoisotopic (exact) mass is 445 g/mol. The zero-order valence-electron chi connectivity index (χ0n) is 18.0. The molecule has 1 aromatic rings. The molecule has 4 rings (SSSR count). The molecule has 3 aliphatic rings. The van der Waals surface area contributed by atoms with Crippen molar-refractivity contribution in [2.75, 3.05) is 14.2 Å². The number of benzene rings is 1. The number of rotatable bonds is 6. The zero-order chi connectivity index (χ0) is 22.1. The van der Waals surface area contributed by atoms with Crippen LogP contribution in [0.3, 0.4) is 0 Å². The first-order valence-corrected chi connectivity index (χ1v) is 11.5. The fourth-order valence-corrected chi connectivity index (χ4v) is 5.33. The maximum atomic E-state index is 13.0. The third kappa shape index (κ3) is 4.15. The SMILES string of the molecule is COc1cc2c(cc1OC)C1=NC(=O)[C@H](CC3CCCCC3)N1C(S[C@@H](C)C(=O)O)=N2. The van der Waals surface area contributed by atoms with E-state index in [-0.39, 0.29) is 5.91 Å². The number of aliphatic carboxylic acids is 1. The van der Waals surface area contributed by atoms with Crippen LogP contribution in [0.15, 0.2) is 22.1 Å². The summed E-state index contributed by atoms with van der Waals surface area (Å²) in [6.45, 7) is 1.62. The molecule has 1 fully saturated rings. The van der Waals surface area contributed by atoms with E-state index in [4.69, 9.17) is 14.5 Å². The summed E-state index contributed by atoms with van der Waals surface area (Å²) in [7, 11) is 3.10. The van der Waals surface area contributed by atoms with Crippen LogP contribution in [0.2, 0.25) is 0 Å². The first-order valence-electron chi connectivity index (χ1n) is 10.6. The molecule has 2 aliphatic heterocycles. The van der Waals surface area contributed by atoms with Gasteiger partial charge in [-0.05, 0) is 25.3 Å². The summed E-state index contributed by atoms with van der Waals surface area (Å²) in [5, 5.41) is 9.22. The van der Waals surface area contributed by atoms with Crippen LogP contribution >= 0.6 is 11.8 Å². The summed E-state index contributed by atoms with van der Waals surface area (Å²) in [5.74, 6) is 0.886. The highest BCUT2D eigenvalue weighted by Crippen LogP contribution is 2.42. The number of carbonyl (C=O) groups excluding carboxylic acids is 1. The van der Waals surface area contributed by atoms with Gasteiger partial charge in [0.2, 0.25) is 0 Å². The first-order chi connectivity index (χ1) is 14.9. The van der Waals surface area contributed by atoms with E-state index in [1.165, 1.54) is 19.3 Å². The third-order valence-corrected chi connectivity index (χ3v) is 7.17. The number of hydrogen-bond donors (Lipinski definition) is 1. The molecule has 1 aliphatic carbocycles. The zero-order valence-corrected chi connectivity index (χ0v) is 18.8. The van der Waals surface area contributed by atoms with E-state index >= 15 is 0 Å². The van der Waals surface area contributed by atoms with Crippen molar-refractivity contribution in [3.8, 4) is 11.5 Å². The second-order valence-corrected chi connectivity index (χ2v) is 9.42. The number of fused-ring (bicyclic) bond motifs is 3. The molecule has 0 saturated heterocycles. The summed E-state index contributed by atoms with van der Waals surface area (Å²) in [6.07, 6.45) is 6.54. The number of carbonyl (C=O) groups is 2. The normalized spacial score (nSPS) is 21.7. The van der Waals surface area contributed by atoms with E-state index in [2.05, 4.69) is 4.99 Å². The summed E-state index contributed by atoms with van der Waals surface area (Å²) in [6, 6.07) is 3.06. The van der Waals surface area contributed by atoms with Crippen LogP contribution in [0.5, 0.6) is 11.5 Å². The fraction of sp³-hybridized carbons (Fsp3) is 0.545. The molecule has 0 bridgehead atoms. The largest absolute Gasteiger partial charge is 0.493 e. The first kappa shape index (κ1) is 21.7. The molecule has 0 aromatic heterocycles. The Labute approximate surface area is 185 Å². The van der Waals surface area contributed by atoms with Crippen molar-refractivity contribution in [1.82, 2.24) is 4.90 Å². The van der Waals surface area contributed by atoms with Gasteiger partial charge >= 0.3 is 5.97 Å². The number of carboxylic acid groups (broad SMARTS) is 1. The molecular weight excluding hydrogens is 418 g/mol. The lowest BCUT2D eigenvalue weighted by molar-refractivity contribution is -0.136. The molecule has 0 radical (unpaired) electrons. The second kappa shape index (κ2) is 8.90. The van der Waals surface area contributed by atoms with Crippen molar-refractivity contribution >= 4 is 40.3 Å². The molecule has 31 heavy (non-hydrogen) atoms. The Morgan fingerprint density at radius 1 is 1.19 bits per heavy atom. The summed E-state index contributed by atoms with van der Waals surface area (Å²) in [4.78, 5) is 35.5. The number of amides is 1. The minimum absolute atomic E-state index is 0.195. The summed E-state index contributed by atoms with van der Waals surface area (Å²) < 4.78 is 10.8. The van der Waals surface area contributed by atoms with E-state index in [1.54, 1.807) is 33.3 Å². The molecule has 166 valence electrons. The van der Waals surface area contributed by atoms with Crippen molar-refractivity contribution in [1.29, 1.82) is 0 Å². The number of amidine groups is 2.